The molecular weight excluding hydrogens is 317 g/mol. The molecule has 2 nitrogen and oxygen atoms in total. The summed E-state index contributed by atoms with van der Waals surface area (Å²) in [7, 11) is 0. The Bertz CT molecular complexity index is 877. The molecule has 1 heterocycles. The molecule has 4 heteroatoms. The van der Waals surface area contributed by atoms with E-state index < -0.39 is 0 Å². The second-order valence-electron chi connectivity index (χ2n) is 5.06. The maximum atomic E-state index is 6.10. The summed E-state index contributed by atoms with van der Waals surface area (Å²) in [6, 6.07) is 19.5. The molecule has 0 aliphatic carbocycles. The van der Waals surface area contributed by atoms with Gasteiger partial charge in [0.25, 0.3) is 0 Å². The first kappa shape index (κ1) is 13.5. The third kappa shape index (κ3) is 2.31. The number of nitrogens with one attached hydrogen (secondary N) is 1. The lowest BCUT2D eigenvalue weighted by Crippen LogP contribution is -2.02. The highest BCUT2D eigenvalue weighted by Gasteiger charge is 2.16. The van der Waals surface area contributed by atoms with Crippen LogP contribution in [0, 0.1) is 0 Å². The van der Waals surface area contributed by atoms with Gasteiger partial charge in [0.15, 0.2) is 11.5 Å². The van der Waals surface area contributed by atoms with Crippen LogP contribution in [0.2, 0.25) is 10.0 Å². The molecule has 0 saturated carbocycles. The summed E-state index contributed by atoms with van der Waals surface area (Å²) in [4.78, 5) is 0. The average Bonchev–Trinajstić information content (AvgIpc) is 2.55. The highest BCUT2D eigenvalue weighted by Crippen LogP contribution is 2.43. The van der Waals surface area contributed by atoms with E-state index in [0.29, 0.717) is 10.0 Å². The smallest absolute Gasteiger partial charge is 0.151 e. The normalized spacial score (nSPS) is 11.9. The minimum Gasteiger partial charge on any atom is -0.453 e. The molecule has 0 spiro atoms. The Balaban J connectivity index is 1.75. The molecule has 0 atom stereocenters. The van der Waals surface area contributed by atoms with Crippen LogP contribution in [0.25, 0.3) is 11.1 Å². The van der Waals surface area contributed by atoms with Crippen molar-refractivity contribution in [3.05, 3.63) is 70.7 Å². The van der Waals surface area contributed by atoms with Gasteiger partial charge in [0, 0.05) is 0 Å². The van der Waals surface area contributed by atoms with Crippen LogP contribution in [0.4, 0.5) is 11.4 Å². The van der Waals surface area contributed by atoms with E-state index >= 15 is 0 Å². The summed E-state index contributed by atoms with van der Waals surface area (Å²) < 4.78 is 5.90. The summed E-state index contributed by atoms with van der Waals surface area (Å²) in [5.74, 6) is 1.64. The summed E-state index contributed by atoms with van der Waals surface area (Å²) in [5.41, 5.74) is 3.95. The van der Waals surface area contributed by atoms with Crippen molar-refractivity contribution < 1.29 is 4.74 Å². The molecule has 1 N–H and O–H groups in total. The zero-order valence-electron chi connectivity index (χ0n) is 11.4. The number of rotatable bonds is 1. The van der Waals surface area contributed by atoms with Crippen LogP contribution in [-0.2, 0) is 0 Å². The van der Waals surface area contributed by atoms with E-state index in [1.54, 1.807) is 6.07 Å². The van der Waals surface area contributed by atoms with Gasteiger partial charge in [-0.1, -0.05) is 47.5 Å². The molecule has 4 rings (SSSR count). The first-order valence-corrected chi connectivity index (χ1v) is 7.60. The highest BCUT2D eigenvalue weighted by molar-refractivity contribution is 6.42. The molecule has 108 valence electrons. The van der Waals surface area contributed by atoms with E-state index in [4.69, 9.17) is 27.9 Å². The second-order valence-corrected chi connectivity index (χ2v) is 5.88. The molecule has 0 radical (unpaired) electrons. The van der Waals surface area contributed by atoms with Crippen LogP contribution in [0.15, 0.2) is 60.7 Å². The lowest BCUT2D eigenvalue weighted by molar-refractivity contribution is 0.481. The molecule has 0 unspecified atom stereocenters. The van der Waals surface area contributed by atoms with Crippen LogP contribution in [0.1, 0.15) is 0 Å². The van der Waals surface area contributed by atoms with Crippen molar-refractivity contribution in [1.29, 1.82) is 0 Å². The van der Waals surface area contributed by atoms with Crippen molar-refractivity contribution >= 4 is 34.6 Å². The van der Waals surface area contributed by atoms with Gasteiger partial charge in [-0.25, -0.2) is 0 Å². The van der Waals surface area contributed by atoms with Gasteiger partial charge >= 0.3 is 0 Å². The minimum atomic E-state index is 0.548. The van der Waals surface area contributed by atoms with Gasteiger partial charge in [-0.2, -0.15) is 0 Å². The number of hydrogen-bond acceptors (Lipinski definition) is 2. The number of fused-ring (bicyclic) bond motifs is 2. The van der Waals surface area contributed by atoms with Gasteiger partial charge in [0.05, 0.1) is 21.4 Å². The standard InChI is InChI=1S/C18H11Cl2NO/c19-13-7-5-11(9-14(13)20)12-6-8-18-16(10-12)21-15-3-1-2-4-17(15)22-18/h1-10,21H. The first-order chi connectivity index (χ1) is 10.7. The molecule has 0 saturated heterocycles. The summed E-state index contributed by atoms with van der Waals surface area (Å²) >= 11 is 12.1. The van der Waals surface area contributed by atoms with Gasteiger partial charge in [0.1, 0.15) is 0 Å². The monoisotopic (exact) mass is 327 g/mol. The number of hydrogen-bond donors (Lipinski definition) is 1. The largest absolute Gasteiger partial charge is 0.453 e. The van der Waals surface area contributed by atoms with E-state index in [-0.39, 0.29) is 0 Å². The van der Waals surface area contributed by atoms with Gasteiger partial charge < -0.3 is 10.1 Å². The van der Waals surface area contributed by atoms with Crippen LogP contribution >= 0.6 is 23.2 Å². The van der Waals surface area contributed by atoms with E-state index in [9.17, 15) is 0 Å². The van der Waals surface area contributed by atoms with E-state index in [1.165, 1.54) is 0 Å². The fourth-order valence-corrected chi connectivity index (χ4v) is 2.79. The molecule has 3 aromatic rings. The van der Waals surface area contributed by atoms with Crippen LogP contribution in [0.3, 0.4) is 0 Å². The van der Waals surface area contributed by atoms with Crippen molar-refractivity contribution in [1.82, 2.24) is 0 Å². The van der Waals surface area contributed by atoms with Crippen LogP contribution in [0.5, 0.6) is 11.5 Å². The van der Waals surface area contributed by atoms with Gasteiger partial charge in [-0.15, -0.1) is 0 Å². The minimum absolute atomic E-state index is 0.548. The third-order valence-corrected chi connectivity index (χ3v) is 4.35. The number of halogens is 2. The SMILES string of the molecule is Clc1ccc(-c2ccc3c(c2)Nc2ccccc2O3)cc1Cl. The Morgan fingerprint density at radius 3 is 2.27 bits per heavy atom. The predicted octanol–water partition coefficient (Wildman–Crippen LogP) is 6.51. The molecule has 22 heavy (non-hydrogen) atoms. The second kappa shape index (κ2) is 5.24. The molecule has 0 bridgehead atoms. The summed E-state index contributed by atoms with van der Waals surface area (Å²) in [5, 5.41) is 4.49. The first-order valence-electron chi connectivity index (χ1n) is 6.84. The zero-order chi connectivity index (χ0) is 15.1. The Morgan fingerprint density at radius 2 is 1.41 bits per heavy atom. The maximum Gasteiger partial charge on any atom is 0.151 e. The topological polar surface area (TPSA) is 21.3 Å². The van der Waals surface area contributed by atoms with Gasteiger partial charge in [-0.3, -0.25) is 0 Å². The predicted molar refractivity (Wildman–Crippen MR) is 91.7 cm³/mol. The van der Waals surface area contributed by atoms with Crippen LogP contribution < -0.4 is 10.1 Å². The molecule has 0 amide bonds. The quantitative estimate of drug-likeness (QED) is 0.430. The van der Waals surface area contributed by atoms with E-state index in [0.717, 1.165) is 34.0 Å². The lowest BCUT2D eigenvalue weighted by Gasteiger charge is -2.22. The Morgan fingerprint density at radius 1 is 0.682 bits per heavy atom. The number of ether oxygens (including phenoxy) is 1. The van der Waals surface area contributed by atoms with E-state index in [2.05, 4.69) is 5.32 Å². The molecule has 0 fully saturated rings. The molecule has 3 aromatic carbocycles. The number of benzene rings is 3. The van der Waals surface area contributed by atoms with Gasteiger partial charge in [0.2, 0.25) is 0 Å². The van der Waals surface area contributed by atoms with Crippen molar-refractivity contribution in [2.45, 2.75) is 0 Å². The Labute approximate surface area is 138 Å². The molecule has 1 aliphatic heterocycles. The number of para-hydroxylation sites is 2. The number of anilines is 2. The molecule has 0 aromatic heterocycles. The highest BCUT2D eigenvalue weighted by atomic mass is 35.5. The summed E-state index contributed by atoms with van der Waals surface area (Å²) in [6.07, 6.45) is 0. The third-order valence-electron chi connectivity index (χ3n) is 3.61. The maximum absolute atomic E-state index is 6.10. The molecule has 1 aliphatic rings. The van der Waals surface area contributed by atoms with E-state index in [1.807, 2.05) is 54.6 Å². The fourth-order valence-electron chi connectivity index (χ4n) is 2.49. The zero-order valence-corrected chi connectivity index (χ0v) is 12.9. The molecular formula is C18H11Cl2NO. The average molecular weight is 328 g/mol. The lowest BCUT2D eigenvalue weighted by atomic mass is 10.0. The Hall–Kier alpha value is -2.16. The van der Waals surface area contributed by atoms with Crippen molar-refractivity contribution in [2.24, 2.45) is 0 Å². The van der Waals surface area contributed by atoms with Crippen molar-refractivity contribution in [3.63, 3.8) is 0 Å². The van der Waals surface area contributed by atoms with Crippen molar-refractivity contribution in [3.8, 4) is 22.6 Å². The van der Waals surface area contributed by atoms with Gasteiger partial charge in [-0.05, 0) is 47.5 Å². The van der Waals surface area contributed by atoms with Crippen molar-refractivity contribution in [2.75, 3.05) is 5.32 Å². The van der Waals surface area contributed by atoms with Crippen LogP contribution in [-0.4, -0.2) is 0 Å². The Kier molecular flexibility index (Phi) is 3.21. The summed E-state index contributed by atoms with van der Waals surface area (Å²) in [6.45, 7) is 0. The fraction of sp³-hybridized carbons (Fsp3) is 0.